The Balaban J connectivity index is 1.86. The average Bonchev–Trinajstić information content (AvgIpc) is 3.00. The lowest BCUT2D eigenvalue weighted by Crippen LogP contribution is -2.25. The zero-order valence-corrected chi connectivity index (χ0v) is 13.7. The van der Waals surface area contributed by atoms with Gasteiger partial charge in [0.2, 0.25) is 17.8 Å². The van der Waals surface area contributed by atoms with Crippen LogP contribution in [0, 0.1) is 0 Å². The molecule has 3 rings (SSSR count). The number of aliphatic hydroxyl groups excluding tert-OH is 1. The Kier molecular flexibility index (Phi) is 4.44. The standard InChI is InChI=1S/C10H12N5O4PS2/c11-10-13-8-7(9(17)14-10)12-3-15(8)6-1-4(16)5(19-6)2-18-20(21)22/h3-6,16H,1-2H2,(H3-,11,13,14,17,21,22)/p+1/t4-,5+,6+/m0/s1. The van der Waals surface area contributed by atoms with Crippen molar-refractivity contribution in [3.8, 4) is 0 Å². The molecule has 3 heterocycles. The summed E-state index contributed by atoms with van der Waals surface area (Å²) < 4.78 is 12.5. The number of fused-ring (bicyclic) bond motifs is 1. The Bertz CT molecular complexity index is 780. The first-order chi connectivity index (χ1) is 10.5. The highest BCUT2D eigenvalue weighted by atomic mass is 32.9. The number of aliphatic hydroxyl groups is 1. The van der Waals surface area contributed by atoms with Gasteiger partial charge in [-0.2, -0.15) is 9.51 Å². The van der Waals surface area contributed by atoms with E-state index in [-0.39, 0.29) is 18.1 Å². The number of nitrogens with zero attached hydrogens (tertiary/aromatic N) is 3. The maximum Gasteiger partial charge on any atom is 0.411 e. The minimum atomic E-state index is -1.24. The van der Waals surface area contributed by atoms with Gasteiger partial charge in [-0.3, -0.25) is 14.3 Å². The smallest absolute Gasteiger partial charge is 0.390 e. The minimum absolute atomic E-state index is 0.00972. The Morgan fingerprint density at radius 1 is 1.73 bits per heavy atom. The van der Waals surface area contributed by atoms with Crippen LogP contribution in [-0.2, 0) is 21.1 Å². The van der Waals surface area contributed by atoms with Crippen molar-refractivity contribution in [2.75, 3.05) is 12.3 Å². The van der Waals surface area contributed by atoms with Gasteiger partial charge in [-0.25, -0.2) is 4.98 Å². The van der Waals surface area contributed by atoms with Gasteiger partial charge in [0.1, 0.15) is 31.2 Å². The van der Waals surface area contributed by atoms with E-state index >= 15 is 0 Å². The largest absolute Gasteiger partial charge is 0.411 e. The Morgan fingerprint density at radius 3 is 3.23 bits per heavy atom. The first kappa shape index (κ1) is 15.8. The molecule has 2 aromatic heterocycles. The number of hydrogen-bond donors (Lipinski definition) is 4. The van der Waals surface area contributed by atoms with Gasteiger partial charge < -0.3 is 15.6 Å². The molecule has 0 aromatic carbocycles. The SMILES string of the molecule is Nc1nc2c(ncn2[C@H]2C[C@H](O)[C@@H](CO[P+](=S)S)O2)c(=O)[nH]1. The molecule has 0 radical (unpaired) electrons. The summed E-state index contributed by atoms with van der Waals surface area (Å²) in [6.45, 7) is 0.152. The summed E-state index contributed by atoms with van der Waals surface area (Å²) in [6.07, 6.45) is -1.25. The van der Waals surface area contributed by atoms with Crippen molar-refractivity contribution in [3.05, 3.63) is 16.7 Å². The molecule has 1 saturated heterocycles. The molecule has 0 bridgehead atoms. The van der Waals surface area contributed by atoms with Gasteiger partial charge in [-0.1, -0.05) is 0 Å². The summed E-state index contributed by atoms with van der Waals surface area (Å²) in [7, 11) is 0. The lowest BCUT2D eigenvalue weighted by molar-refractivity contribution is -0.0355. The highest BCUT2D eigenvalue weighted by Gasteiger charge is 2.37. The fourth-order valence-corrected chi connectivity index (χ4v) is 2.98. The van der Waals surface area contributed by atoms with Crippen LogP contribution in [0.5, 0.6) is 0 Å². The summed E-state index contributed by atoms with van der Waals surface area (Å²) >= 11 is 8.84. The molecule has 0 spiro atoms. The third-order valence-corrected chi connectivity index (χ3v) is 4.35. The van der Waals surface area contributed by atoms with Crippen LogP contribution in [0.25, 0.3) is 11.2 Å². The summed E-state index contributed by atoms with van der Waals surface area (Å²) in [4.78, 5) is 22.2. The lowest BCUT2D eigenvalue weighted by atomic mass is 10.2. The predicted molar refractivity (Wildman–Crippen MR) is 86.3 cm³/mol. The number of aromatic amines is 1. The molecule has 9 nitrogen and oxygen atoms in total. The van der Waals surface area contributed by atoms with Crippen LogP contribution < -0.4 is 11.3 Å². The van der Waals surface area contributed by atoms with E-state index in [9.17, 15) is 9.90 Å². The van der Waals surface area contributed by atoms with Crippen LogP contribution in [0.1, 0.15) is 12.6 Å². The topological polar surface area (TPSA) is 128 Å². The summed E-state index contributed by atoms with van der Waals surface area (Å²) in [5, 5.41) is 10.0. The molecule has 4 N–H and O–H groups in total. The monoisotopic (exact) mass is 362 g/mol. The Labute approximate surface area is 135 Å². The molecule has 0 aliphatic carbocycles. The lowest BCUT2D eigenvalue weighted by Gasteiger charge is -2.13. The molecule has 12 heteroatoms. The fourth-order valence-electron chi connectivity index (χ4n) is 2.33. The van der Waals surface area contributed by atoms with E-state index in [4.69, 9.17) is 26.8 Å². The van der Waals surface area contributed by atoms with Crippen LogP contribution in [0.2, 0.25) is 0 Å². The van der Waals surface area contributed by atoms with Crippen molar-refractivity contribution in [1.82, 2.24) is 19.5 Å². The molecule has 0 saturated carbocycles. The van der Waals surface area contributed by atoms with E-state index in [1.165, 1.54) is 6.33 Å². The summed E-state index contributed by atoms with van der Waals surface area (Å²) in [6, 6.07) is 0. The second-order valence-corrected chi connectivity index (χ2v) is 8.37. The number of imidazole rings is 1. The summed E-state index contributed by atoms with van der Waals surface area (Å²) in [5.41, 5.74) is 5.60. The van der Waals surface area contributed by atoms with Crippen LogP contribution in [0.3, 0.4) is 0 Å². The molecule has 1 aliphatic rings. The average molecular weight is 362 g/mol. The van der Waals surface area contributed by atoms with Gasteiger partial charge in [0.05, 0.1) is 12.4 Å². The van der Waals surface area contributed by atoms with Gasteiger partial charge in [0, 0.05) is 6.42 Å². The highest BCUT2D eigenvalue weighted by Crippen LogP contribution is 2.34. The minimum Gasteiger partial charge on any atom is -0.390 e. The third kappa shape index (κ3) is 3.00. The molecule has 1 aliphatic heterocycles. The quantitative estimate of drug-likeness (QED) is 0.444. The van der Waals surface area contributed by atoms with Crippen LogP contribution in [0.15, 0.2) is 11.1 Å². The third-order valence-electron chi connectivity index (χ3n) is 3.31. The number of anilines is 1. The first-order valence-electron chi connectivity index (χ1n) is 6.30. The second kappa shape index (κ2) is 6.19. The number of nitrogens with one attached hydrogen (secondary N) is 1. The van der Waals surface area contributed by atoms with Crippen LogP contribution in [0.4, 0.5) is 5.95 Å². The van der Waals surface area contributed by atoms with Gasteiger partial charge >= 0.3 is 6.13 Å². The number of rotatable bonds is 4. The van der Waals surface area contributed by atoms with E-state index in [1.54, 1.807) is 4.57 Å². The van der Waals surface area contributed by atoms with E-state index in [2.05, 4.69) is 27.2 Å². The van der Waals surface area contributed by atoms with Gasteiger partial charge in [0.25, 0.3) is 5.56 Å². The van der Waals surface area contributed by atoms with Crippen LogP contribution >= 0.6 is 18.4 Å². The molecule has 1 fully saturated rings. The van der Waals surface area contributed by atoms with Crippen molar-refractivity contribution in [3.63, 3.8) is 0 Å². The van der Waals surface area contributed by atoms with Gasteiger partial charge in [-0.05, 0) is 0 Å². The maximum atomic E-state index is 11.8. The number of aromatic nitrogens is 4. The maximum absolute atomic E-state index is 11.8. The molecule has 22 heavy (non-hydrogen) atoms. The number of nitrogens with two attached hydrogens (primary N) is 1. The molecule has 1 unspecified atom stereocenters. The van der Waals surface area contributed by atoms with Crippen LogP contribution in [-0.4, -0.2) is 43.4 Å². The molecule has 2 aromatic rings. The second-order valence-electron chi connectivity index (χ2n) is 4.74. The van der Waals surface area contributed by atoms with E-state index < -0.39 is 30.1 Å². The molecule has 118 valence electrons. The van der Waals surface area contributed by atoms with Crippen molar-refractivity contribution in [2.45, 2.75) is 24.9 Å². The van der Waals surface area contributed by atoms with Gasteiger partial charge in [-0.15, -0.1) is 0 Å². The normalized spacial score (nSPS) is 25.7. The molecular formula is C10H13N5O4PS2+. The highest BCUT2D eigenvalue weighted by molar-refractivity contribution is 8.54. The van der Waals surface area contributed by atoms with Crippen molar-refractivity contribution >= 4 is 47.3 Å². The van der Waals surface area contributed by atoms with Gasteiger partial charge in [0.15, 0.2) is 11.2 Å². The summed E-state index contributed by atoms with van der Waals surface area (Å²) in [5.74, 6) is -0.00972. The number of ether oxygens (including phenoxy) is 1. The number of H-pyrrole nitrogens is 1. The Hall–Kier alpha value is -1.10. The first-order valence-corrected chi connectivity index (χ1v) is 9.73. The van der Waals surface area contributed by atoms with E-state index in [0.717, 1.165) is 0 Å². The van der Waals surface area contributed by atoms with E-state index in [1.807, 2.05) is 0 Å². The Morgan fingerprint density at radius 2 is 2.50 bits per heavy atom. The fraction of sp³-hybridized carbons (Fsp3) is 0.500. The molecular weight excluding hydrogens is 349 g/mol. The predicted octanol–water partition coefficient (Wildman–Crippen LogP) is 0.0704. The van der Waals surface area contributed by atoms with E-state index in [0.29, 0.717) is 12.1 Å². The van der Waals surface area contributed by atoms with Crippen molar-refractivity contribution in [1.29, 1.82) is 0 Å². The zero-order valence-electron chi connectivity index (χ0n) is 11.1. The zero-order chi connectivity index (χ0) is 15.9. The molecule has 0 amide bonds. The van der Waals surface area contributed by atoms with Crippen molar-refractivity contribution in [2.24, 2.45) is 0 Å². The number of nitrogen functional groups attached to an aromatic ring is 1. The molecule has 4 atom stereocenters. The van der Waals surface area contributed by atoms with Crippen molar-refractivity contribution < 1.29 is 14.4 Å². The number of hydrogen-bond acceptors (Lipinski definition) is 8. The number of thiol groups is 1.